The van der Waals surface area contributed by atoms with Crippen molar-refractivity contribution in [2.45, 2.75) is 219 Å². The van der Waals surface area contributed by atoms with Gasteiger partial charge in [-0.05, 0) is 64.2 Å². The van der Waals surface area contributed by atoms with E-state index in [4.69, 9.17) is 0 Å². The lowest BCUT2D eigenvalue weighted by atomic mass is 10.0. The summed E-state index contributed by atoms with van der Waals surface area (Å²) < 4.78 is 0. The highest BCUT2D eigenvalue weighted by Crippen LogP contribution is 2.15. The van der Waals surface area contributed by atoms with Gasteiger partial charge in [0, 0.05) is 6.42 Å². The molecule has 0 bridgehead atoms. The number of unbranched alkanes of at least 4 members (excludes halogenated alkanes) is 23. The van der Waals surface area contributed by atoms with Gasteiger partial charge in [-0.15, -0.1) is 0 Å². The van der Waals surface area contributed by atoms with Crippen molar-refractivity contribution < 1.29 is 15.0 Å². The van der Waals surface area contributed by atoms with Gasteiger partial charge in [0.05, 0.1) is 18.8 Å². The summed E-state index contributed by atoms with van der Waals surface area (Å²) in [5, 5.41) is 23.0. The van der Waals surface area contributed by atoms with E-state index in [1.807, 2.05) is 6.08 Å². The first kappa shape index (κ1) is 48.1. The second kappa shape index (κ2) is 41.5. The van der Waals surface area contributed by atoms with Crippen LogP contribution in [0.4, 0.5) is 0 Å². The summed E-state index contributed by atoms with van der Waals surface area (Å²) in [6.07, 6.45) is 57.6. The first-order chi connectivity index (χ1) is 24.7. The van der Waals surface area contributed by atoms with Crippen molar-refractivity contribution in [1.82, 2.24) is 5.32 Å². The fourth-order valence-electron chi connectivity index (χ4n) is 6.21. The zero-order chi connectivity index (χ0) is 36.4. The van der Waals surface area contributed by atoms with Gasteiger partial charge in [0.1, 0.15) is 0 Å². The minimum absolute atomic E-state index is 0.0926. The number of amides is 1. The molecule has 4 nitrogen and oxygen atoms in total. The van der Waals surface area contributed by atoms with Gasteiger partial charge in [-0.2, -0.15) is 0 Å². The average molecular weight is 698 g/mol. The van der Waals surface area contributed by atoms with Crippen LogP contribution in [0.2, 0.25) is 0 Å². The molecule has 3 N–H and O–H groups in total. The van der Waals surface area contributed by atoms with Crippen molar-refractivity contribution in [1.29, 1.82) is 0 Å². The third kappa shape index (κ3) is 37.3. The molecule has 0 aliphatic heterocycles. The maximum atomic E-state index is 12.3. The number of carbonyl (C=O) groups excluding carboxylic acids is 1. The average Bonchev–Trinajstić information content (AvgIpc) is 3.12. The van der Waals surface area contributed by atoms with Gasteiger partial charge >= 0.3 is 0 Å². The lowest BCUT2D eigenvalue weighted by Crippen LogP contribution is -2.45. The summed E-state index contributed by atoms with van der Waals surface area (Å²) in [5.41, 5.74) is 0. The summed E-state index contributed by atoms with van der Waals surface area (Å²) in [5.74, 6) is -0.0926. The van der Waals surface area contributed by atoms with Crippen LogP contribution >= 0.6 is 0 Å². The van der Waals surface area contributed by atoms with Gasteiger partial charge in [-0.3, -0.25) is 4.79 Å². The highest BCUT2D eigenvalue weighted by Gasteiger charge is 2.17. The number of nitrogens with one attached hydrogen (secondary N) is 1. The van der Waals surface area contributed by atoms with Crippen molar-refractivity contribution in [3.63, 3.8) is 0 Å². The molecule has 0 heterocycles. The van der Waals surface area contributed by atoms with E-state index in [0.717, 1.165) is 64.2 Å². The van der Waals surface area contributed by atoms with Crippen molar-refractivity contribution in [3.8, 4) is 0 Å². The number of aliphatic hydroxyl groups excluding tert-OH is 2. The number of hydrogen-bond donors (Lipinski definition) is 3. The Kier molecular flexibility index (Phi) is 39.9. The quantitative estimate of drug-likeness (QED) is 0.0444. The predicted octanol–water partition coefficient (Wildman–Crippen LogP) is 13.3. The minimum atomic E-state index is -0.871. The molecule has 0 rings (SSSR count). The first-order valence-electron chi connectivity index (χ1n) is 21.5. The maximum absolute atomic E-state index is 12.3. The van der Waals surface area contributed by atoms with E-state index in [1.54, 1.807) is 6.08 Å². The minimum Gasteiger partial charge on any atom is -0.394 e. The molecule has 2 unspecified atom stereocenters. The Bertz CT molecular complexity index is 842. The summed E-state index contributed by atoms with van der Waals surface area (Å²) in [7, 11) is 0. The fourth-order valence-corrected chi connectivity index (χ4v) is 6.21. The molecule has 290 valence electrons. The third-order valence-electron chi connectivity index (χ3n) is 9.48. The van der Waals surface area contributed by atoms with Crippen LogP contribution in [0.5, 0.6) is 0 Å². The van der Waals surface area contributed by atoms with Crippen molar-refractivity contribution >= 4 is 5.91 Å². The summed E-state index contributed by atoms with van der Waals surface area (Å²) in [4.78, 5) is 12.3. The van der Waals surface area contributed by atoms with Crippen molar-refractivity contribution in [2.75, 3.05) is 6.61 Å². The van der Waals surface area contributed by atoms with Gasteiger partial charge in [0.25, 0.3) is 0 Å². The normalized spacial score (nSPS) is 13.6. The molecule has 0 aromatic carbocycles. The van der Waals surface area contributed by atoms with E-state index in [9.17, 15) is 15.0 Å². The first-order valence-corrected chi connectivity index (χ1v) is 21.5. The van der Waals surface area contributed by atoms with E-state index in [0.29, 0.717) is 6.42 Å². The zero-order valence-corrected chi connectivity index (χ0v) is 33.2. The molecule has 2 atom stereocenters. The molecule has 0 aliphatic carbocycles. The molecule has 4 heteroatoms. The molecular weight excluding hydrogens is 615 g/mol. The molecule has 50 heavy (non-hydrogen) atoms. The van der Waals surface area contributed by atoms with Crippen molar-refractivity contribution in [2.24, 2.45) is 0 Å². The number of rotatable bonds is 38. The molecule has 0 aliphatic rings. The molecular formula is C46H83NO3. The topological polar surface area (TPSA) is 69.6 Å². The highest BCUT2D eigenvalue weighted by atomic mass is 16.3. The highest BCUT2D eigenvalue weighted by molar-refractivity contribution is 5.76. The molecule has 0 saturated carbocycles. The summed E-state index contributed by atoms with van der Waals surface area (Å²) >= 11 is 0. The lowest BCUT2D eigenvalue weighted by molar-refractivity contribution is -0.123. The molecule has 0 aromatic heterocycles. The summed E-state index contributed by atoms with van der Waals surface area (Å²) in [6.45, 7) is 4.18. The molecule has 0 saturated heterocycles. The zero-order valence-electron chi connectivity index (χ0n) is 33.2. The van der Waals surface area contributed by atoms with Crippen molar-refractivity contribution in [3.05, 3.63) is 60.8 Å². The maximum Gasteiger partial charge on any atom is 0.220 e. The van der Waals surface area contributed by atoms with Crippen LogP contribution in [-0.2, 0) is 4.79 Å². The fraction of sp³-hybridized carbons (Fsp3) is 0.761. The van der Waals surface area contributed by atoms with E-state index < -0.39 is 12.1 Å². The molecule has 0 spiro atoms. The number of hydrogen-bond acceptors (Lipinski definition) is 3. The van der Waals surface area contributed by atoms with Crippen LogP contribution < -0.4 is 5.32 Å². The predicted molar refractivity (Wildman–Crippen MR) is 221 cm³/mol. The Balaban J connectivity index is 3.63. The second-order valence-electron chi connectivity index (χ2n) is 14.4. The molecule has 1 amide bonds. The van der Waals surface area contributed by atoms with Crippen LogP contribution in [0, 0.1) is 0 Å². The molecule has 0 aromatic rings. The largest absolute Gasteiger partial charge is 0.394 e. The van der Waals surface area contributed by atoms with Crippen LogP contribution in [0.25, 0.3) is 0 Å². The Morgan fingerprint density at radius 1 is 0.500 bits per heavy atom. The Labute approximate surface area is 311 Å². The van der Waals surface area contributed by atoms with Gasteiger partial charge < -0.3 is 15.5 Å². The SMILES string of the molecule is CC/C=C\C/C=C\C/C=C\CCCCCCCC(=O)NC(CO)C(O)/C=C/CC/C=C/CCCCCCCCCCCCCCCCCCC. The number of aliphatic hydroxyl groups is 2. The van der Waals surface area contributed by atoms with Gasteiger partial charge in [-0.1, -0.05) is 197 Å². The van der Waals surface area contributed by atoms with Crippen LogP contribution in [0.1, 0.15) is 206 Å². The lowest BCUT2D eigenvalue weighted by Gasteiger charge is -2.19. The summed E-state index contributed by atoms with van der Waals surface area (Å²) in [6, 6.07) is -0.650. The van der Waals surface area contributed by atoms with E-state index >= 15 is 0 Å². The van der Waals surface area contributed by atoms with Gasteiger partial charge in [-0.25, -0.2) is 0 Å². The smallest absolute Gasteiger partial charge is 0.220 e. The number of allylic oxidation sites excluding steroid dienone is 9. The number of carbonyl (C=O) groups is 1. The van der Waals surface area contributed by atoms with Crippen LogP contribution in [0.3, 0.4) is 0 Å². The van der Waals surface area contributed by atoms with Crippen LogP contribution in [0.15, 0.2) is 60.8 Å². The Morgan fingerprint density at radius 3 is 1.40 bits per heavy atom. The third-order valence-corrected chi connectivity index (χ3v) is 9.48. The second-order valence-corrected chi connectivity index (χ2v) is 14.4. The Hall–Kier alpha value is -1.91. The van der Waals surface area contributed by atoms with E-state index in [-0.39, 0.29) is 12.5 Å². The van der Waals surface area contributed by atoms with Crippen LogP contribution in [-0.4, -0.2) is 34.9 Å². The molecule has 0 radical (unpaired) electrons. The van der Waals surface area contributed by atoms with Gasteiger partial charge in [0.15, 0.2) is 0 Å². The van der Waals surface area contributed by atoms with E-state index in [2.05, 4.69) is 67.8 Å². The van der Waals surface area contributed by atoms with E-state index in [1.165, 1.54) is 122 Å². The monoisotopic (exact) mass is 698 g/mol. The molecule has 0 fully saturated rings. The van der Waals surface area contributed by atoms with Gasteiger partial charge in [0.2, 0.25) is 5.91 Å². The standard InChI is InChI=1S/C46H83NO3/c1-3-5-7-9-11-13-15-17-19-20-21-22-23-24-25-26-28-29-31-33-35-37-39-41-45(49)44(43-48)47-46(50)42-40-38-36-34-32-30-27-18-16-14-12-10-8-6-4-2/h6,8,12,14,18,27,31,33,39,41,44-45,48-49H,3-5,7,9-11,13,15-17,19-26,28-30,32,34-38,40,42-43H2,1-2H3,(H,47,50)/b8-6-,14-12-,27-18-,33-31+,41-39+. The Morgan fingerprint density at radius 2 is 0.900 bits per heavy atom.